The quantitative estimate of drug-likeness (QED) is 0.730. The van der Waals surface area contributed by atoms with Gasteiger partial charge in [0.05, 0.1) is 0 Å². The molecule has 0 bridgehead atoms. The van der Waals surface area contributed by atoms with E-state index in [9.17, 15) is 4.79 Å². The molecule has 0 unspecified atom stereocenters. The summed E-state index contributed by atoms with van der Waals surface area (Å²) in [7, 11) is 0. The predicted octanol–water partition coefficient (Wildman–Crippen LogP) is 1.17. The number of nitrogens with zero attached hydrogens (tertiary/aromatic N) is 3. The van der Waals surface area contributed by atoms with Crippen LogP contribution in [0.5, 0.6) is 0 Å². The van der Waals surface area contributed by atoms with Gasteiger partial charge in [-0.2, -0.15) is 9.78 Å². The molecule has 1 amide bonds. The standard InChI is InChI=1S/C9H14N4O/c14-9(13-7-10-6-11-13)12-8-4-2-1-3-5-8/h6-8H,1-5H2,(H,12,14). The first-order chi connectivity index (χ1) is 6.86. The Morgan fingerprint density at radius 2 is 2.14 bits per heavy atom. The monoisotopic (exact) mass is 194 g/mol. The molecule has 1 N–H and O–H groups in total. The largest absolute Gasteiger partial charge is 0.343 e. The van der Waals surface area contributed by atoms with Crippen LogP contribution in [0.3, 0.4) is 0 Å². The minimum atomic E-state index is -0.172. The Kier molecular flexibility index (Phi) is 2.76. The summed E-state index contributed by atoms with van der Waals surface area (Å²) in [5.74, 6) is 0. The van der Waals surface area contributed by atoms with E-state index in [-0.39, 0.29) is 6.03 Å². The fourth-order valence-corrected chi connectivity index (χ4v) is 1.80. The molecule has 1 aromatic rings. The maximum Gasteiger partial charge on any atom is 0.343 e. The lowest BCUT2D eigenvalue weighted by atomic mass is 9.96. The van der Waals surface area contributed by atoms with E-state index in [2.05, 4.69) is 15.4 Å². The van der Waals surface area contributed by atoms with Gasteiger partial charge >= 0.3 is 6.03 Å². The van der Waals surface area contributed by atoms with Crippen LogP contribution in [0.4, 0.5) is 4.79 Å². The van der Waals surface area contributed by atoms with E-state index >= 15 is 0 Å². The summed E-state index contributed by atoms with van der Waals surface area (Å²) in [6, 6.07) is 0.148. The molecule has 5 nitrogen and oxygen atoms in total. The van der Waals surface area contributed by atoms with Crippen molar-refractivity contribution in [3.63, 3.8) is 0 Å². The van der Waals surface area contributed by atoms with Crippen molar-refractivity contribution in [2.24, 2.45) is 0 Å². The van der Waals surface area contributed by atoms with Crippen LogP contribution in [0.25, 0.3) is 0 Å². The SMILES string of the molecule is O=C(NC1CCCCC1)n1cncn1. The van der Waals surface area contributed by atoms with Crippen molar-refractivity contribution >= 4 is 6.03 Å². The molecule has 5 heteroatoms. The average molecular weight is 194 g/mol. The van der Waals surface area contributed by atoms with Gasteiger partial charge in [-0.05, 0) is 12.8 Å². The number of carbonyl (C=O) groups is 1. The zero-order chi connectivity index (χ0) is 9.80. The summed E-state index contributed by atoms with van der Waals surface area (Å²) >= 11 is 0. The van der Waals surface area contributed by atoms with Gasteiger partial charge in [-0.25, -0.2) is 9.78 Å². The molecule has 0 aromatic carbocycles. The number of carbonyl (C=O) groups excluding carboxylic acids is 1. The number of nitrogens with one attached hydrogen (secondary N) is 1. The Morgan fingerprint density at radius 1 is 1.36 bits per heavy atom. The highest BCUT2D eigenvalue weighted by atomic mass is 16.2. The van der Waals surface area contributed by atoms with E-state index in [1.165, 1.54) is 36.6 Å². The van der Waals surface area contributed by atoms with E-state index < -0.39 is 0 Å². The molecule has 1 aliphatic rings. The van der Waals surface area contributed by atoms with Gasteiger partial charge in [0.25, 0.3) is 0 Å². The Hall–Kier alpha value is -1.39. The van der Waals surface area contributed by atoms with Crippen molar-refractivity contribution in [2.75, 3.05) is 0 Å². The maximum absolute atomic E-state index is 11.5. The molecule has 1 aromatic heterocycles. The lowest BCUT2D eigenvalue weighted by Gasteiger charge is -2.22. The van der Waals surface area contributed by atoms with Crippen molar-refractivity contribution in [3.05, 3.63) is 12.7 Å². The van der Waals surface area contributed by atoms with Crippen molar-refractivity contribution in [3.8, 4) is 0 Å². The Morgan fingerprint density at radius 3 is 2.79 bits per heavy atom. The summed E-state index contributed by atoms with van der Waals surface area (Å²) in [6.45, 7) is 0. The highest BCUT2D eigenvalue weighted by Crippen LogP contribution is 2.17. The minimum absolute atomic E-state index is 0.172. The van der Waals surface area contributed by atoms with E-state index in [4.69, 9.17) is 0 Å². The van der Waals surface area contributed by atoms with Crippen LogP contribution in [-0.2, 0) is 0 Å². The van der Waals surface area contributed by atoms with Gasteiger partial charge < -0.3 is 5.32 Å². The first-order valence-electron chi connectivity index (χ1n) is 5.02. The third-order valence-corrected chi connectivity index (χ3v) is 2.56. The van der Waals surface area contributed by atoms with Gasteiger partial charge in [-0.3, -0.25) is 0 Å². The fourth-order valence-electron chi connectivity index (χ4n) is 1.80. The zero-order valence-electron chi connectivity index (χ0n) is 8.02. The summed E-state index contributed by atoms with van der Waals surface area (Å²) in [5, 5.41) is 6.72. The van der Waals surface area contributed by atoms with Crippen molar-refractivity contribution in [1.29, 1.82) is 0 Å². The zero-order valence-corrected chi connectivity index (χ0v) is 8.02. The fraction of sp³-hybridized carbons (Fsp3) is 0.667. The number of rotatable bonds is 1. The second-order valence-corrected chi connectivity index (χ2v) is 3.62. The average Bonchev–Trinajstić information content (AvgIpc) is 2.72. The summed E-state index contributed by atoms with van der Waals surface area (Å²) in [6.07, 6.45) is 8.65. The lowest BCUT2D eigenvalue weighted by Crippen LogP contribution is -2.39. The number of amides is 1. The molecule has 1 fully saturated rings. The summed E-state index contributed by atoms with van der Waals surface area (Å²) in [4.78, 5) is 15.3. The van der Waals surface area contributed by atoms with Crippen LogP contribution >= 0.6 is 0 Å². The van der Waals surface area contributed by atoms with Crippen LogP contribution in [-0.4, -0.2) is 26.8 Å². The maximum atomic E-state index is 11.5. The Balaban J connectivity index is 1.87. The van der Waals surface area contributed by atoms with Crippen molar-refractivity contribution < 1.29 is 4.79 Å². The van der Waals surface area contributed by atoms with Gasteiger partial charge in [0.1, 0.15) is 12.7 Å². The highest BCUT2D eigenvalue weighted by Gasteiger charge is 2.16. The molecule has 0 radical (unpaired) electrons. The third kappa shape index (κ3) is 2.10. The Labute approximate surface area is 82.5 Å². The van der Waals surface area contributed by atoms with E-state index in [1.54, 1.807) is 0 Å². The highest BCUT2D eigenvalue weighted by molar-refractivity contribution is 5.75. The second kappa shape index (κ2) is 4.21. The van der Waals surface area contributed by atoms with Gasteiger partial charge in [0, 0.05) is 6.04 Å². The molecular formula is C9H14N4O. The van der Waals surface area contributed by atoms with Crippen LogP contribution in [0, 0.1) is 0 Å². The van der Waals surface area contributed by atoms with Crippen molar-refractivity contribution in [2.45, 2.75) is 38.1 Å². The molecule has 0 aliphatic heterocycles. The number of hydrogen-bond donors (Lipinski definition) is 1. The first kappa shape index (κ1) is 9.18. The lowest BCUT2D eigenvalue weighted by molar-refractivity contribution is 0.231. The van der Waals surface area contributed by atoms with Crippen LogP contribution in [0.2, 0.25) is 0 Å². The molecule has 0 saturated heterocycles. The van der Waals surface area contributed by atoms with E-state index in [1.807, 2.05) is 0 Å². The molecule has 76 valence electrons. The van der Waals surface area contributed by atoms with Gasteiger partial charge in [-0.15, -0.1) is 0 Å². The minimum Gasteiger partial charge on any atom is -0.333 e. The summed E-state index contributed by atoms with van der Waals surface area (Å²) < 4.78 is 1.23. The van der Waals surface area contributed by atoms with Gasteiger partial charge in [-0.1, -0.05) is 19.3 Å². The molecular weight excluding hydrogens is 180 g/mol. The van der Waals surface area contributed by atoms with Gasteiger partial charge in [0.15, 0.2) is 0 Å². The third-order valence-electron chi connectivity index (χ3n) is 2.56. The molecule has 1 saturated carbocycles. The van der Waals surface area contributed by atoms with E-state index in [0.29, 0.717) is 6.04 Å². The molecule has 2 rings (SSSR count). The number of aromatic nitrogens is 3. The van der Waals surface area contributed by atoms with Gasteiger partial charge in [0.2, 0.25) is 0 Å². The Bertz CT molecular complexity index is 290. The topological polar surface area (TPSA) is 59.8 Å². The predicted molar refractivity (Wildman–Crippen MR) is 50.8 cm³/mol. The van der Waals surface area contributed by atoms with Crippen LogP contribution < -0.4 is 5.32 Å². The first-order valence-corrected chi connectivity index (χ1v) is 5.02. The van der Waals surface area contributed by atoms with E-state index in [0.717, 1.165) is 12.8 Å². The molecule has 1 heterocycles. The normalized spacial score (nSPS) is 18.0. The van der Waals surface area contributed by atoms with Crippen LogP contribution in [0.15, 0.2) is 12.7 Å². The second-order valence-electron chi connectivity index (χ2n) is 3.62. The molecule has 0 atom stereocenters. The molecule has 0 spiro atoms. The smallest absolute Gasteiger partial charge is 0.333 e. The van der Waals surface area contributed by atoms with Crippen molar-refractivity contribution in [1.82, 2.24) is 20.1 Å². The number of hydrogen-bond acceptors (Lipinski definition) is 3. The summed E-state index contributed by atoms with van der Waals surface area (Å²) in [5.41, 5.74) is 0. The molecule has 1 aliphatic carbocycles. The van der Waals surface area contributed by atoms with Crippen LogP contribution in [0.1, 0.15) is 32.1 Å². The molecule has 14 heavy (non-hydrogen) atoms.